The fourth-order valence-electron chi connectivity index (χ4n) is 2.37. The molecule has 1 aliphatic rings. The Hall–Kier alpha value is -1.67. The zero-order chi connectivity index (χ0) is 14.6. The van der Waals surface area contributed by atoms with Crippen molar-refractivity contribution >= 4 is 0 Å². The Bertz CT molecular complexity index is 476. The lowest BCUT2D eigenvalue weighted by Crippen LogP contribution is -2.29. The fourth-order valence-corrected chi connectivity index (χ4v) is 2.37. The van der Waals surface area contributed by atoms with Gasteiger partial charge >= 0.3 is 5.92 Å². The number of rotatable bonds is 4. The van der Waals surface area contributed by atoms with Crippen molar-refractivity contribution in [2.45, 2.75) is 50.2 Å². The van der Waals surface area contributed by atoms with E-state index < -0.39 is 12.0 Å². The molecule has 0 aromatic heterocycles. The third kappa shape index (κ3) is 3.26. The second-order valence-corrected chi connectivity index (χ2v) is 5.06. The van der Waals surface area contributed by atoms with Crippen molar-refractivity contribution in [3.05, 3.63) is 29.8 Å². The summed E-state index contributed by atoms with van der Waals surface area (Å²) in [4.78, 5) is 0. The van der Waals surface area contributed by atoms with Gasteiger partial charge in [-0.1, -0.05) is 6.42 Å². The number of nitrogens with zero attached hydrogens (tertiary/aromatic N) is 1. The van der Waals surface area contributed by atoms with E-state index in [1.165, 1.54) is 30.7 Å². The first-order chi connectivity index (χ1) is 9.54. The fraction of sp³-hybridized carbons (Fsp3) is 0.533. The zero-order valence-electron chi connectivity index (χ0n) is 11.1. The van der Waals surface area contributed by atoms with Gasteiger partial charge in [0.25, 0.3) is 0 Å². The highest BCUT2D eigenvalue weighted by Gasteiger charge is 2.40. The molecule has 20 heavy (non-hydrogen) atoms. The highest BCUT2D eigenvalue weighted by molar-refractivity contribution is 5.31. The van der Waals surface area contributed by atoms with Crippen LogP contribution in [0.3, 0.4) is 0 Å². The maximum atomic E-state index is 13.6. The highest BCUT2D eigenvalue weighted by Crippen LogP contribution is 2.33. The molecule has 108 valence electrons. The second kappa shape index (κ2) is 6.19. The van der Waals surface area contributed by atoms with Crippen molar-refractivity contribution in [2.75, 3.05) is 0 Å². The van der Waals surface area contributed by atoms with E-state index in [9.17, 15) is 8.78 Å². The molecule has 0 aliphatic heterocycles. The van der Waals surface area contributed by atoms with Gasteiger partial charge in [0.1, 0.15) is 11.8 Å². The van der Waals surface area contributed by atoms with Crippen molar-refractivity contribution in [3.8, 4) is 11.8 Å². The van der Waals surface area contributed by atoms with Gasteiger partial charge in [-0.25, -0.2) is 0 Å². The average Bonchev–Trinajstić information content (AvgIpc) is 2.48. The van der Waals surface area contributed by atoms with Gasteiger partial charge in [0, 0.05) is 5.56 Å². The van der Waals surface area contributed by atoms with E-state index in [-0.39, 0.29) is 11.7 Å². The van der Waals surface area contributed by atoms with Gasteiger partial charge in [0.05, 0.1) is 6.10 Å². The lowest BCUT2D eigenvalue weighted by atomic mass is 9.98. The Balaban J connectivity index is 2.04. The molecule has 0 radical (unpaired) electrons. The van der Waals surface area contributed by atoms with E-state index in [0.717, 1.165) is 31.8 Å². The maximum absolute atomic E-state index is 13.6. The maximum Gasteiger partial charge on any atom is 0.311 e. The van der Waals surface area contributed by atoms with Gasteiger partial charge in [-0.2, -0.15) is 14.0 Å². The van der Waals surface area contributed by atoms with E-state index in [2.05, 4.69) is 0 Å². The minimum Gasteiger partial charge on any atom is -0.490 e. The van der Waals surface area contributed by atoms with Gasteiger partial charge in [0.15, 0.2) is 0 Å². The van der Waals surface area contributed by atoms with Crippen LogP contribution < -0.4 is 4.74 Å². The summed E-state index contributed by atoms with van der Waals surface area (Å²) in [6, 6.07) is 6.47. The molecule has 3 nitrogen and oxygen atoms in total. The summed E-state index contributed by atoms with van der Waals surface area (Å²) in [5, 5.41) is 17.4. The molecule has 1 aromatic rings. The van der Waals surface area contributed by atoms with E-state index in [4.69, 9.17) is 15.1 Å². The normalized spacial score (nSPS) is 18.3. The summed E-state index contributed by atoms with van der Waals surface area (Å²) in [5.74, 6) is -3.03. The molecule has 1 atom stereocenters. The standard InChI is InChI=1S/C15H17F2NO2/c16-15(17,14(19)10-18)11-6-8-13(9-7-11)20-12-4-2-1-3-5-12/h6-9,12,14,19H,1-5H2. The van der Waals surface area contributed by atoms with Crippen molar-refractivity contribution in [2.24, 2.45) is 0 Å². The van der Waals surface area contributed by atoms with Crippen LogP contribution in [0.5, 0.6) is 5.75 Å². The summed E-state index contributed by atoms with van der Waals surface area (Å²) < 4.78 is 33.0. The first kappa shape index (κ1) is 14.7. The van der Waals surface area contributed by atoms with Crippen molar-refractivity contribution < 1.29 is 18.6 Å². The van der Waals surface area contributed by atoms with E-state index in [1.54, 1.807) is 0 Å². The van der Waals surface area contributed by atoms with Crippen LogP contribution in [-0.2, 0) is 5.92 Å². The summed E-state index contributed by atoms with van der Waals surface area (Å²) >= 11 is 0. The van der Waals surface area contributed by atoms with Crippen LogP contribution >= 0.6 is 0 Å². The van der Waals surface area contributed by atoms with Gasteiger partial charge in [-0.05, 0) is 49.9 Å². The Morgan fingerprint density at radius 1 is 1.20 bits per heavy atom. The van der Waals surface area contributed by atoms with Crippen molar-refractivity contribution in [3.63, 3.8) is 0 Å². The molecular weight excluding hydrogens is 264 g/mol. The van der Waals surface area contributed by atoms with E-state index in [1.807, 2.05) is 0 Å². The Morgan fingerprint density at radius 2 is 1.80 bits per heavy atom. The minimum absolute atomic E-state index is 0.153. The molecule has 0 heterocycles. The van der Waals surface area contributed by atoms with Crippen molar-refractivity contribution in [1.82, 2.24) is 0 Å². The van der Waals surface area contributed by atoms with Crippen LogP contribution in [0, 0.1) is 11.3 Å². The summed E-state index contributed by atoms with van der Waals surface area (Å²) in [7, 11) is 0. The van der Waals surface area contributed by atoms with Crippen LogP contribution in [0.15, 0.2) is 24.3 Å². The summed E-state index contributed by atoms with van der Waals surface area (Å²) in [6.45, 7) is 0. The molecule has 5 heteroatoms. The number of nitriles is 1. The molecule has 1 fully saturated rings. The second-order valence-electron chi connectivity index (χ2n) is 5.06. The van der Waals surface area contributed by atoms with Gasteiger partial charge in [-0.15, -0.1) is 0 Å². The topological polar surface area (TPSA) is 53.2 Å². The number of aliphatic hydroxyl groups excluding tert-OH is 1. The van der Waals surface area contributed by atoms with E-state index >= 15 is 0 Å². The summed E-state index contributed by atoms with van der Waals surface area (Å²) in [6.07, 6.45) is 3.28. The molecule has 0 bridgehead atoms. The molecule has 1 unspecified atom stereocenters. The third-order valence-corrected chi connectivity index (χ3v) is 3.56. The third-order valence-electron chi connectivity index (χ3n) is 3.56. The monoisotopic (exact) mass is 281 g/mol. The molecule has 1 N–H and O–H groups in total. The molecule has 0 saturated heterocycles. The number of halogens is 2. The van der Waals surface area contributed by atoms with Crippen LogP contribution in [0.25, 0.3) is 0 Å². The molecule has 0 amide bonds. The van der Waals surface area contributed by atoms with Crippen molar-refractivity contribution in [1.29, 1.82) is 5.26 Å². The molecular formula is C15H17F2NO2. The predicted octanol–water partition coefficient (Wildman–Crippen LogP) is 3.37. The highest BCUT2D eigenvalue weighted by atomic mass is 19.3. The number of hydrogen-bond acceptors (Lipinski definition) is 3. The molecule has 1 aromatic carbocycles. The van der Waals surface area contributed by atoms with Crippen LogP contribution in [-0.4, -0.2) is 17.3 Å². The number of benzene rings is 1. The zero-order valence-corrected chi connectivity index (χ0v) is 11.1. The van der Waals surface area contributed by atoms with Gasteiger partial charge in [0.2, 0.25) is 6.10 Å². The summed E-state index contributed by atoms with van der Waals surface area (Å²) in [5.41, 5.74) is -0.387. The van der Waals surface area contributed by atoms with Crippen LogP contribution in [0.4, 0.5) is 8.78 Å². The smallest absolute Gasteiger partial charge is 0.311 e. The van der Waals surface area contributed by atoms with Crippen LogP contribution in [0.1, 0.15) is 37.7 Å². The number of hydrogen-bond donors (Lipinski definition) is 1. The first-order valence-electron chi connectivity index (χ1n) is 6.76. The Labute approximate surface area is 116 Å². The van der Waals surface area contributed by atoms with E-state index in [0.29, 0.717) is 5.75 Å². The minimum atomic E-state index is -3.57. The lowest BCUT2D eigenvalue weighted by Gasteiger charge is -2.23. The molecule has 1 aliphatic carbocycles. The predicted molar refractivity (Wildman–Crippen MR) is 69.5 cm³/mol. The molecule has 1 saturated carbocycles. The lowest BCUT2D eigenvalue weighted by molar-refractivity contribution is -0.0893. The molecule has 0 spiro atoms. The van der Waals surface area contributed by atoms with Gasteiger partial charge < -0.3 is 9.84 Å². The Kier molecular flexibility index (Phi) is 4.56. The molecule has 2 rings (SSSR count). The average molecular weight is 281 g/mol. The number of aliphatic hydroxyl groups is 1. The first-order valence-corrected chi connectivity index (χ1v) is 6.76. The number of ether oxygens (including phenoxy) is 1. The number of alkyl halides is 2. The van der Waals surface area contributed by atoms with Gasteiger partial charge in [-0.3, -0.25) is 0 Å². The van der Waals surface area contributed by atoms with Crippen LogP contribution in [0.2, 0.25) is 0 Å². The SMILES string of the molecule is N#CC(O)C(F)(F)c1ccc(OC2CCCCC2)cc1. The quantitative estimate of drug-likeness (QED) is 0.861. The largest absolute Gasteiger partial charge is 0.490 e. The Morgan fingerprint density at radius 3 is 2.35 bits per heavy atom.